The lowest BCUT2D eigenvalue weighted by atomic mass is 9.86. The highest BCUT2D eigenvalue weighted by atomic mass is 35.5. The van der Waals surface area contributed by atoms with Gasteiger partial charge >= 0.3 is 12.0 Å². The number of hydrogen-bond donors (Lipinski definition) is 2. The molecule has 0 saturated heterocycles. The standard InChI is InChI=1S/C17H20ClN3O6/c1-10-4-2-3-5-13(10)19-17(24)20-15(22)9-27-16(23)11-6-7-12(18)14(8-11)21(25)26/h6-8,10,13H,2-5,9H2,1H3,(H2,19,20,22,24)/t10-,13-/m0/s1. The molecule has 0 aliphatic heterocycles. The molecule has 1 aliphatic rings. The van der Waals surface area contributed by atoms with E-state index in [0.717, 1.165) is 31.7 Å². The summed E-state index contributed by atoms with van der Waals surface area (Å²) in [6, 6.07) is 2.75. The molecule has 2 rings (SSSR count). The van der Waals surface area contributed by atoms with Crippen molar-refractivity contribution in [1.29, 1.82) is 0 Å². The zero-order chi connectivity index (χ0) is 20.0. The summed E-state index contributed by atoms with van der Waals surface area (Å²) in [5, 5.41) is 15.6. The Labute approximate surface area is 160 Å². The van der Waals surface area contributed by atoms with E-state index in [0.29, 0.717) is 5.92 Å². The van der Waals surface area contributed by atoms with Gasteiger partial charge < -0.3 is 10.1 Å². The van der Waals surface area contributed by atoms with Gasteiger partial charge in [-0.2, -0.15) is 0 Å². The molecule has 146 valence electrons. The predicted octanol–water partition coefficient (Wildman–Crippen LogP) is 2.81. The van der Waals surface area contributed by atoms with Gasteiger partial charge in [0, 0.05) is 12.1 Å². The lowest BCUT2D eigenvalue weighted by molar-refractivity contribution is -0.384. The van der Waals surface area contributed by atoms with Crippen LogP contribution in [0.1, 0.15) is 43.0 Å². The summed E-state index contributed by atoms with van der Waals surface area (Å²) in [6.45, 7) is 1.35. The molecule has 0 unspecified atom stereocenters. The number of halogens is 1. The van der Waals surface area contributed by atoms with E-state index in [-0.39, 0.29) is 16.6 Å². The van der Waals surface area contributed by atoms with Crippen molar-refractivity contribution >= 4 is 35.2 Å². The highest BCUT2D eigenvalue weighted by Crippen LogP contribution is 2.25. The Morgan fingerprint density at radius 2 is 2.00 bits per heavy atom. The first-order valence-corrected chi connectivity index (χ1v) is 8.87. The SMILES string of the molecule is C[C@H]1CCCC[C@@H]1NC(=O)NC(=O)COC(=O)c1ccc(Cl)c([N+](=O)[O-])c1. The van der Waals surface area contributed by atoms with E-state index in [9.17, 15) is 24.5 Å². The minimum Gasteiger partial charge on any atom is -0.452 e. The predicted molar refractivity (Wildman–Crippen MR) is 96.5 cm³/mol. The van der Waals surface area contributed by atoms with Gasteiger partial charge in [-0.05, 0) is 30.9 Å². The van der Waals surface area contributed by atoms with Crippen LogP contribution >= 0.6 is 11.6 Å². The van der Waals surface area contributed by atoms with Gasteiger partial charge in [-0.3, -0.25) is 20.2 Å². The Kier molecular flexibility index (Phi) is 7.12. The van der Waals surface area contributed by atoms with E-state index in [4.69, 9.17) is 16.3 Å². The first kappa shape index (κ1) is 20.6. The molecule has 1 fully saturated rings. The van der Waals surface area contributed by atoms with Crippen LogP contribution in [0.15, 0.2) is 18.2 Å². The van der Waals surface area contributed by atoms with Crippen molar-refractivity contribution in [3.05, 3.63) is 38.9 Å². The van der Waals surface area contributed by atoms with Crippen molar-refractivity contribution in [3.63, 3.8) is 0 Å². The van der Waals surface area contributed by atoms with Crippen LogP contribution in [0.2, 0.25) is 5.02 Å². The summed E-state index contributed by atoms with van der Waals surface area (Å²) in [5.74, 6) is -1.41. The molecule has 1 aromatic rings. The number of benzene rings is 1. The minimum atomic E-state index is -0.939. The van der Waals surface area contributed by atoms with Crippen molar-refractivity contribution in [3.8, 4) is 0 Å². The van der Waals surface area contributed by atoms with Gasteiger partial charge in [0.05, 0.1) is 10.5 Å². The maximum Gasteiger partial charge on any atom is 0.338 e. The first-order chi connectivity index (χ1) is 12.8. The van der Waals surface area contributed by atoms with Crippen LogP contribution in [0.25, 0.3) is 0 Å². The molecule has 0 spiro atoms. The number of carbonyl (C=O) groups excluding carboxylic acids is 3. The second kappa shape index (κ2) is 9.31. The van der Waals surface area contributed by atoms with Gasteiger partial charge in [-0.25, -0.2) is 9.59 Å². The number of carbonyl (C=O) groups is 3. The Balaban J connectivity index is 1.82. The third-order valence-corrected chi connectivity index (χ3v) is 4.71. The Bertz CT molecular complexity index is 754. The van der Waals surface area contributed by atoms with E-state index < -0.39 is 35.1 Å². The molecule has 3 amide bonds. The molecule has 27 heavy (non-hydrogen) atoms. The normalized spacial score (nSPS) is 19.0. The highest BCUT2D eigenvalue weighted by molar-refractivity contribution is 6.32. The fourth-order valence-corrected chi connectivity index (χ4v) is 3.08. The number of ether oxygens (including phenoxy) is 1. The molecule has 0 radical (unpaired) electrons. The van der Waals surface area contributed by atoms with E-state index in [2.05, 4.69) is 10.6 Å². The fraction of sp³-hybridized carbons (Fsp3) is 0.471. The number of esters is 1. The average Bonchev–Trinajstić information content (AvgIpc) is 2.61. The van der Waals surface area contributed by atoms with Crippen molar-refractivity contribution in [2.45, 2.75) is 38.6 Å². The molecular weight excluding hydrogens is 378 g/mol. The molecule has 9 nitrogen and oxygen atoms in total. The Morgan fingerprint density at radius 3 is 2.67 bits per heavy atom. The lowest BCUT2D eigenvalue weighted by Gasteiger charge is -2.29. The van der Waals surface area contributed by atoms with Crippen LogP contribution in [0.3, 0.4) is 0 Å². The van der Waals surface area contributed by atoms with Gasteiger partial charge in [0.25, 0.3) is 11.6 Å². The summed E-state index contributed by atoms with van der Waals surface area (Å²) in [5.41, 5.74) is -0.573. The molecule has 2 N–H and O–H groups in total. The molecular formula is C17H20ClN3O6. The number of imide groups is 1. The van der Waals surface area contributed by atoms with Gasteiger partial charge in [0.1, 0.15) is 5.02 Å². The summed E-state index contributed by atoms with van der Waals surface area (Å²) < 4.78 is 4.78. The number of nitrogens with one attached hydrogen (secondary N) is 2. The number of rotatable bonds is 5. The fourth-order valence-electron chi connectivity index (χ4n) is 2.89. The molecule has 0 heterocycles. The van der Waals surface area contributed by atoms with Crippen molar-refractivity contribution in [2.75, 3.05) is 6.61 Å². The van der Waals surface area contributed by atoms with Crippen LogP contribution < -0.4 is 10.6 Å². The molecule has 10 heteroatoms. The minimum absolute atomic E-state index is 0.00344. The quantitative estimate of drug-likeness (QED) is 0.446. The second-order valence-corrected chi connectivity index (χ2v) is 6.80. The topological polar surface area (TPSA) is 128 Å². The Hall–Kier alpha value is -2.68. The monoisotopic (exact) mass is 397 g/mol. The summed E-state index contributed by atoms with van der Waals surface area (Å²) in [7, 11) is 0. The summed E-state index contributed by atoms with van der Waals surface area (Å²) in [4.78, 5) is 45.6. The molecule has 2 atom stereocenters. The van der Waals surface area contributed by atoms with E-state index in [1.54, 1.807) is 0 Å². The van der Waals surface area contributed by atoms with E-state index in [1.807, 2.05) is 6.92 Å². The average molecular weight is 398 g/mol. The molecule has 1 saturated carbocycles. The molecule has 1 aliphatic carbocycles. The number of urea groups is 1. The zero-order valence-electron chi connectivity index (χ0n) is 14.7. The van der Waals surface area contributed by atoms with Crippen LogP contribution in [0.4, 0.5) is 10.5 Å². The van der Waals surface area contributed by atoms with Crippen LogP contribution in [-0.2, 0) is 9.53 Å². The van der Waals surface area contributed by atoms with Gasteiger partial charge in [-0.15, -0.1) is 0 Å². The zero-order valence-corrected chi connectivity index (χ0v) is 15.5. The van der Waals surface area contributed by atoms with Gasteiger partial charge in [-0.1, -0.05) is 31.4 Å². The number of nitro benzene ring substituents is 1. The number of amides is 3. The smallest absolute Gasteiger partial charge is 0.338 e. The number of hydrogen-bond acceptors (Lipinski definition) is 6. The van der Waals surface area contributed by atoms with E-state index >= 15 is 0 Å². The van der Waals surface area contributed by atoms with Crippen molar-refractivity contribution in [2.24, 2.45) is 5.92 Å². The Morgan fingerprint density at radius 1 is 1.30 bits per heavy atom. The molecule has 0 aromatic heterocycles. The third kappa shape index (κ3) is 5.92. The van der Waals surface area contributed by atoms with Crippen LogP contribution in [-0.4, -0.2) is 35.5 Å². The third-order valence-electron chi connectivity index (χ3n) is 4.39. The van der Waals surface area contributed by atoms with Gasteiger partial charge in [0.2, 0.25) is 0 Å². The number of nitro groups is 1. The maximum absolute atomic E-state index is 11.9. The maximum atomic E-state index is 11.9. The highest BCUT2D eigenvalue weighted by Gasteiger charge is 2.24. The van der Waals surface area contributed by atoms with Gasteiger partial charge in [0.15, 0.2) is 6.61 Å². The van der Waals surface area contributed by atoms with Crippen LogP contribution in [0.5, 0.6) is 0 Å². The van der Waals surface area contributed by atoms with Crippen molar-refractivity contribution < 1.29 is 24.0 Å². The first-order valence-electron chi connectivity index (χ1n) is 8.49. The van der Waals surface area contributed by atoms with E-state index in [1.165, 1.54) is 12.1 Å². The summed E-state index contributed by atoms with van der Waals surface area (Å²) >= 11 is 5.67. The number of nitrogens with zero attached hydrogens (tertiary/aromatic N) is 1. The van der Waals surface area contributed by atoms with Crippen molar-refractivity contribution in [1.82, 2.24) is 10.6 Å². The molecule has 0 bridgehead atoms. The lowest BCUT2D eigenvalue weighted by Crippen LogP contribution is -2.48. The largest absolute Gasteiger partial charge is 0.452 e. The molecule has 1 aromatic carbocycles. The summed E-state index contributed by atoms with van der Waals surface area (Å²) in [6.07, 6.45) is 4.02. The van der Waals surface area contributed by atoms with Crippen LogP contribution in [0, 0.1) is 16.0 Å². The second-order valence-electron chi connectivity index (χ2n) is 6.39.